The van der Waals surface area contributed by atoms with E-state index >= 15 is 0 Å². The van der Waals surface area contributed by atoms with Crippen LogP contribution in [0.4, 0.5) is 0 Å². The molecule has 2 aromatic heterocycles. The summed E-state index contributed by atoms with van der Waals surface area (Å²) in [5, 5.41) is 0.652. The number of hydrogen-bond donors (Lipinski definition) is 0. The molecular formula is C9H5Cl2IN4. The van der Waals surface area contributed by atoms with E-state index in [0.29, 0.717) is 31.2 Å². The van der Waals surface area contributed by atoms with E-state index < -0.39 is 0 Å². The molecule has 0 radical (unpaired) electrons. The first-order valence-corrected chi connectivity index (χ1v) is 6.10. The minimum Gasteiger partial charge on any atom is -0.242 e. The van der Waals surface area contributed by atoms with Gasteiger partial charge in [0.1, 0.15) is 21.8 Å². The summed E-state index contributed by atoms with van der Waals surface area (Å²) in [6.07, 6.45) is 1.64. The van der Waals surface area contributed by atoms with Crippen molar-refractivity contribution in [1.29, 1.82) is 0 Å². The second-order valence-electron chi connectivity index (χ2n) is 2.93. The van der Waals surface area contributed by atoms with Gasteiger partial charge in [0.15, 0.2) is 5.82 Å². The maximum atomic E-state index is 5.92. The average molecular weight is 367 g/mol. The average Bonchev–Trinajstić information content (AvgIpc) is 2.25. The van der Waals surface area contributed by atoms with Crippen LogP contribution in [0.15, 0.2) is 12.3 Å². The lowest BCUT2D eigenvalue weighted by molar-refractivity contribution is 1.03. The normalized spacial score (nSPS) is 10.5. The Balaban J connectivity index is 2.57. The standard InChI is InChI=1S/C9H5Cl2IN4/c1-4-13-3-2-5(14-4)9-15-7(10)6(12)8(11)16-9/h2-3H,1H3. The van der Waals surface area contributed by atoms with Crippen molar-refractivity contribution in [2.24, 2.45) is 0 Å². The molecule has 0 amide bonds. The predicted octanol–water partition coefficient (Wildman–Crippen LogP) is 3.15. The number of aromatic nitrogens is 4. The largest absolute Gasteiger partial charge is 0.242 e. The van der Waals surface area contributed by atoms with Crippen LogP contribution in [0, 0.1) is 10.5 Å². The molecule has 0 bridgehead atoms. The summed E-state index contributed by atoms with van der Waals surface area (Å²) >= 11 is 13.8. The van der Waals surface area contributed by atoms with Crippen LogP contribution in [0.1, 0.15) is 5.82 Å². The zero-order valence-corrected chi connectivity index (χ0v) is 11.7. The summed E-state index contributed by atoms with van der Waals surface area (Å²) in [5.41, 5.74) is 0.604. The Hall–Kier alpha value is -0.530. The van der Waals surface area contributed by atoms with Gasteiger partial charge in [0.2, 0.25) is 0 Å². The third-order valence-corrected chi connectivity index (χ3v) is 3.98. The highest BCUT2D eigenvalue weighted by molar-refractivity contribution is 14.1. The summed E-state index contributed by atoms with van der Waals surface area (Å²) in [7, 11) is 0. The second-order valence-corrected chi connectivity index (χ2v) is 4.73. The minimum atomic E-state index is 0.326. The topological polar surface area (TPSA) is 51.6 Å². The quantitative estimate of drug-likeness (QED) is 0.574. The van der Waals surface area contributed by atoms with Gasteiger partial charge in [-0.05, 0) is 35.6 Å². The van der Waals surface area contributed by atoms with Crippen molar-refractivity contribution in [2.75, 3.05) is 0 Å². The van der Waals surface area contributed by atoms with E-state index in [4.69, 9.17) is 23.2 Å². The molecule has 16 heavy (non-hydrogen) atoms. The van der Waals surface area contributed by atoms with Crippen LogP contribution < -0.4 is 0 Å². The van der Waals surface area contributed by atoms with Gasteiger partial charge in [-0.1, -0.05) is 23.2 Å². The van der Waals surface area contributed by atoms with Crippen LogP contribution >= 0.6 is 45.8 Å². The van der Waals surface area contributed by atoms with Crippen molar-refractivity contribution in [2.45, 2.75) is 6.92 Å². The molecule has 0 saturated carbocycles. The number of aryl methyl sites for hydroxylation is 1. The molecule has 0 saturated heterocycles. The molecule has 0 aliphatic rings. The summed E-state index contributed by atoms with van der Waals surface area (Å²) in [4.78, 5) is 16.4. The number of halogens is 3. The highest BCUT2D eigenvalue weighted by Crippen LogP contribution is 2.25. The zero-order chi connectivity index (χ0) is 11.7. The molecule has 4 nitrogen and oxygen atoms in total. The Morgan fingerprint density at radius 1 is 1.12 bits per heavy atom. The first kappa shape index (κ1) is 11.9. The number of nitrogens with zero attached hydrogens (tertiary/aromatic N) is 4. The molecule has 2 heterocycles. The summed E-state index contributed by atoms with van der Waals surface area (Å²) in [6, 6.07) is 1.71. The molecule has 0 aliphatic carbocycles. The van der Waals surface area contributed by atoms with E-state index in [1.807, 2.05) is 22.6 Å². The predicted molar refractivity (Wildman–Crippen MR) is 70.5 cm³/mol. The van der Waals surface area contributed by atoms with Crippen LogP contribution in [-0.4, -0.2) is 19.9 Å². The third kappa shape index (κ3) is 2.41. The molecule has 0 atom stereocenters. The minimum absolute atomic E-state index is 0.326. The van der Waals surface area contributed by atoms with Gasteiger partial charge in [-0.2, -0.15) is 0 Å². The molecule has 82 valence electrons. The van der Waals surface area contributed by atoms with Gasteiger partial charge in [-0.25, -0.2) is 19.9 Å². The lowest BCUT2D eigenvalue weighted by atomic mass is 10.3. The fourth-order valence-electron chi connectivity index (χ4n) is 1.09. The van der Waals surface area contributed by atoms with E-state index in [0.717, 1.165) is 0 Å². The van der Waals surface area contributed by atoms with Gasteiger partial charge >= 0.3 is 0 Å². The molecule has 0 aliphatic heterocycles. The Morgan fingerprint density at radius 3 is 2.31 bits per heavy atom. The smallest absolute Gasteiger partial charge is 0.181 e. The molecular weight excluding hydrogens is 362 g/mol. The first-order chi connectivity index (χ1) is 7.58. The van der Waals surface area contributed by atoms with Crippen LogP contribution in [0.5, 0.6) is 0 Å². The van der Waals surface area contributed by atoms with Gasteiger partial charge in [0.25, 0.3) is 0 Å². The Kier molecular flexibility index (Phi) is 3.56. The fourth-order valence-corrected chi connectivity index (χ4v) is 1.72. The SMILES string of the molecule is Cc1nccc(-c2nc(Cl)c(I)c(Cl)n2)n1. The van der Waals surface area contributed by atoms with Crippen LogP contribution in [0.25, 0.3) is 11.5 Å². The molecule has 7 heteroatoms. The summed E-state index contributed by atoms with van der Waals surface area (Å²) in [5.74, 6) is 1.05. The lowest BCUT2D eigenvalue weighted by Crippen LogP contribution is -1.97. The Bertz CT molecular complexity index is 524. The molecule has 2 aromatic rings. The lowest BCUT2D eigenvalue weighted by Gasteiger charge is -2.03. The van der Waals surface area contributed by atoms with Crippen molar-refractivity contribution in [3.05, 3.63) is 32.0 Å². The van der Waals surface area contributed by atoms with Crippen molar-refractivity contribution < 1.29 is 0 Å². The Labute approximate surface area is 116 Å². The van der Waals surface area contributed by atoms with Gasteiger partial charge in [-0.3, -0.25) is 0 Å². The Morgan fingerprint density at radius 2 is 1.75 bits per heavy atom. The highest BCUT2D eigenvalue weighted by atomic mass is 127. The number of hydrogen-bond acceptors (Lipinski definition) is 4. The molecule has 0 spiro atoms. The van der Waals surface area contributed by atoms with Crippen LogP contribution in [-0.2, 0) is 0 Å². The molecule has 0 aromatic carbocycles. The summed E-state index contributed by atoms with van der Waals surface area (Å²) in [6.45, 7) is 1.79. The van der Waals surface area contributed by atoms with Crippen molar-refractivity contribution in [3.63, 3.8) is 0 Å². The second kappa shape index (κ2) is 4.77. The van der Waals surface area contributed by atoms with Crippen LogP contribution in [0.3, 0.4) is 0 Å². The molecule has 0 unspecified atom stereocenters. The molecule has 0 N–H and O–H groups in total. The molecule has 0 fully saturated rings. The van der Waals surface area contributed by atoms with E-state index in [2.05, 4.69) is 19.9 Å². The van der Waals surface area contributed by atoms with Gasteiger partial charge in [0.05, 0.1) is 3.57 Å². The van der Waals surface area contributed by atoms with Gasteiger partial charge in [0, 0.05) is 6.20 Å². The van der Waals surface area contributed by atoms with Gasteiger partial charge in [-0.15, -0.1) is 0 Å². The molecule has 2 rings (SSSR count). The third-order valence-electron chi connectivity index (χ3n) is 1.78. The van der Waals surface area contributed by atoms with E-state index in [1.54, 1.807) is 19.2 Å². The van der Waals surface area contributed by atoms with E-state index in [-0.39, 0.29) is 0 Å². The first-order valence-electron chi connectivity index (χ1n) is 4.26. The zero-order valence-electron chi connectivity index (χ0n) is 8.08. The van der Waals surface area contributed by atoms with E-state index in [9.17, 15) is 0 Å². The summed E-state index contributed by atoms with van der Waals surface area (Å²) < 4.78 is 0.635. The van der Waals surface area contributed by atoms with Crippen molar-refractivity contribution in [1.82, 2.24) is 19.9 Å². The van der Waals surface area contributed by atoms with Crippen molar-refractivity contribution >= 4 is 45.8 Å². The van der Waals surface area contributed by atoms with E-state index in [1.165, 1.54) is 0 Å². The van der Waals surface area contributed by atoms with Crippen LogP contribution in [0.2, 0.25) is 10.3 Å². The maximum Gasteiger partial charge on any atom is 0.181 e. The fraction of sp³-hybridized carbons (Fsp3) is 0.111. The maximum absolute atomic E-state index is 5.92. The van der Waals surface area contributed by atoms with Gasteiger partial charge < -0.3 is 0 Å². The highest BCUT2D eigenvalue weighted by Gasteiger charge is 2.11. The van der Waals surface area contributed by atoms with Crippen molar-refractivity contribution in [3.8, 4) is 11.5 Å². The number of rotatable bonds is 1. The monoisotopic (exact) mass is 366 g/mol.